The van der Waals surface area contributed by atoms with Crippen LogP contribution in [0.25, 0.3) is 22.5 Å². The molecule has 0 atom stereocenters. The fourth-order valence-corrected chi connectivity index (χ4v) is 4.48. The Morgan fingerprint density at radius 3 is 2.38 bits per heavy atom. The third-order valence-electron chi connectivity index (χ3n) is 6.52. The van der Waals surface area contributed by atoms with Crippen LogP contribution in [0.15, 0.2) is 48.5 Å². The molecule has 4 rings (SSSR count). The van der Waals surface area contributed by atoms with Crippen LogP contribution in [0.1, 0.15) is 68.1 Å². The van der Waals surface area contributed by atoms with Crippen molar-refractivity contribution in [3.8, 4) is 22.5 Å². The van der Waals surface area contributed by atoms with E-state index in [9.17, 15) is 14.7 Å². The van der Waals surface area contributed by atoms with Crippen molar-refractivity contribution in [2.75, 3.05) is 13.2 Å². The zero-order chi connectivity index (χ0) is 30.1. The van der Waals surface area contributed by atoms with Gasteiger partial charge in [0.1, 0.15) is 30.3 Å². The van der Waals surface area contributed by atoms with Crippen molar-refractivity contribution in [3.05, 3.63) is 71.3 Å². The van der Waals surface area contributed by atoms with Crippen LogP contribution in [-0.4, -0.2) is 60.6 Å². The normalized spacial score (nSPS) is 11.4. The van der Waals surface area contributed by atoms with Crippen LogP contribution in [0.5, 0.6) is 0 Å². The third-order valence-corrected chi connectivity index (χ3v) is 6.52. The number of carbonyl (C=O) groups is 2. The number of benzene rings is 2. The fourth-order valence-electron chi connectivity index (χ4n) is 4.48. The van der Waals surface area contributed by atoms with Crippen LogP contribution in [-0.2, 0) is 39.4 Å². The number of carbonyl (C=O) groups excluding carboxylic acids is 2. The number of rotatable bonds is 13. The zero-order valence-corrected chi connectivity index (χ0v) is 24.3. The lowest BCUT2D eigenvalue weighted by atomic mass is 9.98. The van der Waals surface area contributed by atoms with Gasteiger partial charge in [-0.1, -0.05) is 61.9 Å². The molecule has 0 aliphatic heterocycles. The molecular weight excluding hydrogens is 540 g/mol. The molecule has 0 fully saturated rings. The van der Waals surface area contributed by atoms with E-state index in [1.165, 1.54) is 0 Å². The summed E-state index contributed by atoms with van der Waals surface area (Å²) in [5.41, 5.74) is 2.42. The molecule has 2 heterocycles. The number of H-pyrrole nitrogens is 1. The average molecular weight is 577 g/mol. The lowest BCUT2D eigenvalue weighted by Gasteiger charge is -2.18. The molecule has 0 unspecified atom stereocenters. The van der Waals surface area contributed by atoms with E-state index in [1.54, 1.807) is 25.3 Å². The number of esters is 1. The monoisotopic (exact) mass is 576 g/mol. The highest BCUT2D eigenvalue weighted by molar-refractivity contribution is 5.89. The summed E-state index contributed by atoms with van der Waals surface area (Å²) in [4.78, 5) is 29.8. The molecule has 222 valence electrons. The molecular formula is C30H36N6O6. The Hall–Kier alpha value is -4.58. The van der Waals surface area contributed by atoms with Gasteiger partial charge < -0.3 is 23.9 Å². The Balaban J connectivity index is 1.54. The minimum atomic E-state index is -1.41. The summed E-state index contributed by atoms with van der Waals surface area (Å²) < 4.78 is 17.4. The molecule has 0 amide bonds. The average Bonchev–Trinajstić information content (AvgIpc) is 3.64. The van der Waals surface area contributed by atoms with Gasteiger partial charge in [0.2, 0.25) is 5.82 Å². The first-order valence-corrected chi connectivity index (χ1v) is 13.9. The number of imidazole rings is 1. The molecule has 0 saturated carbocycles. The van der Waals surface area contributed by atoms with Crippen LogP contribution < -0.4 is 0 Å². The van der Waals surface area contributed by atoms with Gasteiger partial charge in [-0.3, -0.25) is 0 Å². The number of aryl methyl sites for hydroxylation is 1. The molecule has 0 saturated heterocycles. The highest BCUT2D eigenvalue weighted by Gasteiger charge is 2.32. The number of ether oxygens (including phenoxy) is 3. The first kappa shape index (κ1) is 30.4. The SMILES string of the molecule is CCCCc1nc(C(C)(C)O)c(C(=O)OCc2ccc(-c3ccccc3-c3nn[nH]n3)cc2)n1CCOC(=O)OCC. The summed E-state index contributed by atoms with van der Waals surface area (Å²) in [7, 11) is 0. The van der Waals surface area contributed by atoms with E-state index in [0.717, 1.165) is 35.1 Å². The molecule has 2 aromatic heterocycles. The van der Waals surface area contributed by atoms with E-state index in [0.29, 0.717) is 18.1 Å². The van der Waals surface area contributed by atoms with Crippen molar-refractivity contribution in [3.63, 3.8) is 0 Å². The predicted molar refractivity (Wildman–Crippen MR) is 153 cm³/mol. The molecule has 12 nitrogen and oxygen atoms in total. The summed E-state index contributed by atoms with van der Waals surface area (Å²) >= 11 is 0. The van der Waals surface area contributed by atoms with Crippen LogP contribution in [0, 0.1) is 0 Å². The maximum atomic E-state index is 13.5. The maximum Gasteiger partial charge on any atom is 0.508 e. The molecule has 0 aliphatic rings. The van der Waals surface area contributed by atoms with E-state index < -0.39 is 17.7 Å². The number of nitrogens with one attached hydrogen (secondary N) is 1. The van der Waals surface area contributed by atoms with Gasteiger partial charge in [-0.2, -0.15) is 5.21 Å². The first-order valence-electron chi connectivity index (χ1n) is 13.9. The van der Waals surface area contributed by atoms with Crippen LogP contribution in [0.3, 0.4) is 0 Å². The summed E-state index contributed by atoms with van der Waals surface area (Å²) in [6.45, 7) is 7.20. The first-order chi connectivity index (χ1) is 20.2. The highest BCUT2D eigenvalue weighted by Crippen LogP contribution is 2.30. The largest absolute Gasteiger partial charge is 0.508 e. The Bertz CT molecular complexity index is 1480. The Labute approximate surface area is 244 Å². The Kier molecular flexibility index (Phi) is 10.0. The highest BCUT2D eigenvalue weighted by atomic mass is 16.7. The van der Waals surface area contributed by atoms with Crippen LogP contribution >= 0.6 is 0 Å². The summed E-state index contributed by atoms with van der Waals surface area (Å²) in [6.07, 6.45) is 1.54. The lowest BCUT2D eigenvalue weighted by molar-refractivity contribution is 0.0413. The number of hydrogen-bond donors (Lipinski definition) is 2. The third kappa shape index (κ3) is 7.38. The second-order valence-electron chi connectivity index (χ2n) is 10.1. The molecule has 4 aromatic rings. The summed E-state index contributed by atoms with van der Waals surface area (Å²) in [5.74, 6) is 0.469. The number of nitrogens with zero attached hydrogens (tertiary/aromatic N) is 5. The standard InChI is InChI=1S/C30H36N6O6/c1-5-7-12-24-31-26(30(3,4)39)25(36(24)17-18-41-29(38)40-6-2)28(37)42-19-20-13-15-21(16-14-20)22-10-8-9-11-23(22)27-32-34-35-33-27/h8-11,13-16,39H,5-7,12,17-19H2,1-4H3,(H,32,33,34,35). The smallest absolute Gasteiger partial charge is 0.456 e. The minimum Gasteiger partial charge on any atom is -0.456 e. The molecule has 12 heteroatoms. The van der Waals surface area contributed by atoms with Crippen molar-refractivity contribution in [1.82, 2.24) is 30.2 Å². The number of tetrazole rings is 1. The second kappa shape index (κ2) is 13.9. The van der Waals surface area contributed by atoms with E-state index in [4.69, 9.17) is 14.2 Å². The van der Waals surface area contributed by atoms with E-state index in [-0.39, 0.29) is 37.8 Å². The van der Waals surface area contributed by atoms with Crippen molar-refractivity contribution >= 4 is 12.1 Å². The predicted octanol–water partition coefficient (Wildman–Crippen LogP) is 4.83. The molecule has 0 radical (unpaired) electrons. The van der Waals surface area contributed by atoms with Gasteiger partial charge >= 0.3 is 12.1 Å². The summed E-state index contributed by atoms with van der Waals surface area (Å²) in [6, 6.07) is 15.4. The quantitative estimate of drug-likeness (QED) is 0.211. The van der Waals surface area contributed by atoms with E-state index >= 15 is 0 Å². The second-order valence-corrected chi connectivity index (χ2v) is 10.1. The van der Waals surface area contributed by atoms with Gasteiger partial charge in [0, 0.05) is 12.0 Å². The number of unbranched alkanes of at least 4 members (excludes halogenated alkanes) is 1. The number of aromatic nitrogens is 6. The van der Waals surface area contributed by atoms with Crippen molar-refractivity contribution < 1.29 is 28.9 Å². The number of aliphatic hydroxyl groups is 1. The van der Waals surface area contributed by atoms with Gasteiger partial charge in [-0.15, -0.1) is 10.2 Å². The van der Waals surface area contributed by atoms with Gasteiger partial charge in [-0.05, 0) is 49.1 Å². The van der Waals surface area contributed by atoms with Crippen LogP contribution in [0.4, 0.5) is 4.79 Å². The van der Waals surface area contributed by atoms with Gasteiger partial charge in [0.25, 0.3) is 0 Å². The topological polar surface area (TPSA) is 154 Å². The molecule has 0 aliphatic carbocycles. The minimum absolute atomic E-state index is 0.00565. The molecule has 0 bridgehead atoms. The Morgan fingerprint density at radius 2 is 1.74 bits per heavy atom. The fraction of sp³-hybridized carbons (Fsp3) is 0.400. The molecule has 2 N–H and O–H groups in total. The lowest BCUT2D eigenvalue weighted by Crippen LogP contribution is -2.24. The van der Waals surface area contributed by atoms with Crippen molar-refractivity contribution in [2.24, 2.45) is 0 Å². The molecule has 2 aromatic carbocycles. The molecule has 0 spiro atoms. The summed E-state index contributed by atoms with van der Waals surface area (Å²) in [5, 5.41) is 25.2. The van der Waals surface area contributed by atoms with Gasteiger partial charge in [-0.25, -0.2) is 14.6 Å². The zero-order valence-electron chi connectivity index (χ0n) is 24.3. The van der Waals surface area contributed by atoms with Gasteiger partial charge in [0.05, 0.1) is 13.2 Å². The number of hydrogen-bond acceptors (Lipinski definition) is 10. The van der Waals surface area contributed by atoms with Crippen LogP contribution in [0.2, 0.25) is 0 Å². The number of aromatic amines is 1. The van der Waals surface area contributed by atoms with Crippen molar-refractivity contribution in [1.29, 1.82) is 0 Å². The van der Waals surface area contributed by atoms with E-state index in [2.05, 4.69) is 32.5 Å². The molecule has 42 heavy (non-hydrogen) atoms. The van der Waals surface area contributed by atoms with Crippen molar-refractivity contribution in [2.45, 2.75) is 65.7 Å². The van der Waals surface area contributed by atoms with Gasteiger partial charge in [0.15, 0.2) is 5.69 Å². The van der Waals surface area contributed by atoms with E-state index in [1.807, 2.05) is 48.5 Å². The maximum absolute atomic E-state index is 13.5. The Morgan fingerprint density at radius 1 is 1.00 bits per heavy atom.